The van der Waals surface area contributed by atoms with Gasteiger partial charge < -0.3 is 10.2 Å². The van der Waals surface area contributed by atoms with Crippen LogP contribution in [-0.2, 0) is 6.54 Å². The Bertz CT molecular complexity index is 454. The van der Waals surface area contributed by atoms with Crippen molar-refractivity contribution in [1.29, 1.82) is 0 Å². The summed E-state index contributed by atoms with van der Waals surface area (Å²) in [5, 5.41) is 14.4. The molecule has 5 nitrogen and oxygen atoms in total. The summed E-state index contributed by atoms with van der Waals surface area (Å²) in [5.41, 5.74) is 0.902. The molecule has 1 atom stereocenters. The molecule has 0 radical (unpaired) electrons. The van der Waals surface area contributed by atoms with Crippen LogP contribution in [0.1, 0.15) is 25.8 Å². The SMILES string of the molecule is CCC(C)N(C)CCNCc1ccc([N+](=O)[O-])cc1Cl. The molecule has 0 aromatic heterocycles. The number of nitrogens with zero attached hydrogens (tertiary/aromatic N) is 2. The minimum atomic E-state index is -0.440. The first-order valence-electron chi connectivity index (χ1n) is 6.79. The van der Waals surface area contributed by atoms with E-state index < -0.39 is 4.92 Å². The third-order valence-electron chi connectivity index (χ3n) is 3.55. The van der Waals surface area contributed by atoms with E-state index in [0.717, 1.165) is 25.1 Å². The molecule has 0 heterocycles. The number of likely N-dealkylation sites (N-methyl/N-ethyl adjacent to an activating group) is 1. The molecule has 0 aliphatic carbocycles. The molecule has 1 N–H and O–H groups in total. The number of non-ortho nitro benzene ring substituents is 1. The second kappa shape index (κ2) is 8.19. The molecule has 0 amide bonds. The zero-order chi connectivity index (χ0) is 15.1. The van der Waals surface area contributed by atoms with Crippen LogP contribution in [0.4, 0.5) is 5.69 Å². The number of rotatable bonds is 8. The minimum absolute atomic E-state index is 0.0234. The lowest BCUT2D eigenvalue weighted by Gasteiger charge is -2.23. The normalized spacial score (nSPS) is 12.7. The molecule has 6 heteroatoms. The van der Waals surface area contributed by atoms with Gasteiger partial charge >= 0.3 is 0 Å². The van der Waals surface area contributed by atoms with Gasteiger partial charge in [-0.3, -0.25) is 10.1 Å². The van der Waals surface area contributed by atoms with E-state index >= 15 is 0 Å². The minimum Gasteiger partial charge on any atom is -0.311 e. The number of hydrogen-bond acceptors (Lipinski definition) is 4. The Morgan fingerprint density at radius 2 is 2.20 bits per heavy atom. The molecule has 0 fully saturated rings. The fourth-order valence-corrected chi connectivity index (χ4v) is 2.05. The van der Waals surface area contributed by atoms with E-state index in [-0.39, 0.29) is 5.69 Å². The van der Waals surface area contributed by atoms with Crippen LogP contribution in [0.15, 0.2) is 18.2 Å². The molecular weight excluding hydrogens is 278 g/mol. The zero-order valence-corrected chi connectivity index (χ0v) is 13.0. The highest BCUT2D eigenvalue weighted by molar-refractivity contribution is 6.31. The Hall–Kier alpha value is -1.17. The molecule has 20 heavy (non-hydrogen) atoms. The third kappa shape index (κ3) is 5.07. The highest BCUT2D eigenvalue weighted by Gasteiger charge is 2.09. The summed E-state index contributed by atoms with van der Waals surface area (Å²) in [6.07, 6.45) is 1.13. The Labute approximate surface area is 125 Å². The number of nitro benzene ring substituents is 1. The topological polar surface area (TPSA) is 58.4 Å². The average Bonchev–Trinajstić information content (AvgIpc) is 2.43. The van der Waals surface area contributed by atoms with Gasteiger partial charge in [0.2, 0.25) is 0 Å². The Morgan fingerprint density at radius 1 is 1.50 bits per heavy atom. The maximum Gasteiger partial charge on any atom is 0.270 e. The van der Waals surface area contributed by atoms with E-state index in [9.17, 15) is 10.1 Å². The fraction of sp³-hybridized carbons (Fsp3) is 0.571. The number of benzene rings is 1. The van der Waals surface area contributed by atoms with Crippen LogP contribution in [0.5, 0.6) is 0 Å². The summed E-state index contributed by atoms with van der Waals surface area (Å²) < 4.78 is 0. The molecule has 1 unspecified atom stereocenters. The molecule has 0 aliphatic rings. The number of nitro groups is 1. The van der Waals surface area contributed by atoms with Gasteiger partial charge in [-0.25, -0.2) is 0 Å². The zero-order valence-electron chi connectivity index (χ0n) is 12.2. The molecule has 1 aromatic rings. The monoisotopic (exact) mass is 299 g/mol. The molecule has 1 aromatic carbocycles. The van der Waals surface area contributed by atoms with Gasteiger partial charge in [-0.05, 0) is 32.0 Å². The quantitative estimate of drug-likeness (QED) is 0.455. The first-order chi connectivity index (χ1) is 9.45. The van der Waals surface area contributed by atoms with Gasteiger partial charge in [-0.2, -0.15) is 0 Å². The van der Waals surface area contributed by atoms with E-state index in [1.54, 1.807) is 6.07 Å². The molecule has 0 aliphatic heterocycles. The van der Waals surface area contributed by atoms with Crippen LogP contribution >= 0.6 is 11.6 Å². The predicted octanol–water partition coefficient (Wildman–Crippen LogP) is 3.07. The van der Waals surface area contributed by atoms with Crippen molar-refractivity contribution in [3.63, 3.8) is 0 Å². The largest absolute Gasteiger partial charge is 0.311 e. The van der Waals surface area contributed by atoms with Gasteiger partial charge in [-0.15, -0.1) is 0 Å². The molecule has 112 valence electrons. The van der Waals surface area contributed by atoms with E-state index in [4.69, 9.17) is 11.6 Å². The maximum absolute atomic E-state index is 10.6. The molecular formula is C14H22ClN3O2. The van der Waals surface area contributed by atoms with Crippen molar-refractivity contribution in [2.24, 2.45) is 0 Å². The van der Waals surface area contributed by atoms with E-state index in [2.05, 4.69) is 31.1 Å². The van der Waals surface area contributed by atoms with Crippen molar-refractivity contribution in [1.82, 2.24) is 10.2 Å². The van der Waals surface area contributed by atoms with Crippen LogP contribution in [0.3, 0.4) is 0 Å². The summed E-state index contributed by atoms with van der Waals surface area (Å²) >= 11 is 6.03. The van der Waals surface area contributed by atoms with Crippen LogP contribution in [0.2, 0.25) is 5.02 Å². The van der Waals surface area contributed by atoms with Gasteiger partial charge in [0.25, 0.3) is 5.69 Å². The second-order valence-electron chi connectivity index (χ2n) is 4.95. The standard InChI is InChI=1S/C14H22ClN3O2/c1-4-11(2)17(3)8-7-16-10-12-5-6-13(18(19)20)9-14(12)15/h5-6,9,11,16H,4,7-8,10H2,1-3H3. The van der Waals surface area contributed by atoms with Gasteiger partial charge in [-0.1, -0.05) is 18.5 Å². The fourth-order valence-electron chi connectivity index (χ4n) is 1.80. The highest BCUT2D eigenvalue weighted by Crippen LogP contribution is 2.22. The Morgan fingerprint density at radius 3 is 2.75 bits per heavy atom. The first-order valence-corrected chi connectivity index (χ1v) is 7.17. The predicted molar refractivity (Wildman–Crippen MR) is 82.2 cm³/mol. The van der Waals surface area contributed by atoms with E-state index in [1.807, 2.05) is 0 Å². The van der Waals surface area contributed by atoms with Crippen molar-refractivity contribution < 1.29 is 4.92 Å². The number of halogens is 1. The van der Waals surface area contributed by atoms with Gasteiger partial charge in [0.05, 0.1) is 9.95 Å². The summed E-state index contributed by atoms with van der Waals surface area (Å²) in [4.78, 5) is 12.5. The Kier molecular flexibility index (Phi) is 6.91. The van der Waals surface area contributed by atoms with Crippen molar-refractivity contribution in [2.45, 2.75) is 32.9 Å². The number of hydrogen-bond donors (Lipinski definition) is 1. The average molecular weight is 300 g/mol. The van der Waals surface area contributed by atoms with Crippen molar-refractivity contribution in [3.8, 4) is 0 Å². The van der Waals surface area contributed by atoms with Crippen LogP contribution in [0.25, 0.3) is 0 Å². The molecule has 0 spiro atoms. The number of nitrogens with one attached hydrogen (secondary N) is 1. The van der Waals surface area contributed by atoms with Crippen molar-refractivity contribution in [2.75, 3.05) is 20.1 Å². The molecule has 0 saturated heterocycles. The van der Waals surface area contributed by atoms with Crippen LogP contribution in [0, 0.1) is 10.1 Å². The molecule has 0 saturated carbocycles. The van der Waals surface area contributed by atoms with Crippen LogP contribution < -0.4 is 5.32 Å². The van der Waals surface area contributed by atoms with Gasteiger partial charge in [0, 0.05) is 37.8 Å². The van der Waals surface area contributed by atoms with Crippen molar-refractivity contribution >= 4 is 17.3 Å². The summed E-state index contributed by atoms with van der Waals surface area (Å²) in [7, 11) is 2.11. The van der Waals surface area contributed by atoms with Crippen molar-refractivity contribution in [3.05, 3.63) is 38.9 Å². The Balaban J connectivity index is 2.41. The van der Waals surface area contributed by atoms with E-state index in [0.29, 0.717) is 17.6 Å². The van der Waals surface area contributed by atoms with Gasteiger partial charge in [0.15, 0.2) is 0 Å². The lowest BCUT2D eigenvalue weighted by Crippen LogP contribution is -2.34. The summed E-state index contributed by atoms with van der Waals surface area (Å²) in [6.45, 7) is 6.80. The second-order valence-corrected chi connectivity index (χ2v) is 5.35. The maximum atomic E-state index is 10.6. The summed E-state index contributed by atoms with van der Waals surface area (Å²) in [6, 6.07) is 5.14. The summed E-state index contributed by atoms with van der Waals surface area (Å²) in [5.74, 6) is 0. The molecule has 0 bridgehead atoms. The first kappa shape index (κ1) is 16.9. The molecule has 1 rings (SSSR count). The lowest BCUT2D eigenvalue weighted by molar-refractivity contribution is -0.384. The highest BCUT2D eigenvalue weighted by atomic mass is 35.5. The van der Waals surface area contributed by atoms with Gasteiger partial charge in [0.1, 0.15) is 0 Å². The van der Waals surface area contributed by atoms with E-state index in [1.165, 1.54) is 12.1 Å². The lowest BCUT2D eigenvalue weighted by atomic mass is 10.2. The third-order valence-corrected chi connectivity index (χ3v) is 3.90. The van der Waals surface area contributed by atoms with Crippen LogP contribution in [-0.4, -0.2) is 36.0 Å². The smallest absolute Gasteiger partial charge is 0.270 e.